The van der Waals surface area contributed by atoms with Gasteiger partial charge in [0, 0.05) is 50.6 Å². The second-order valence-electron chi connectivity index (χ2n) is 23.9. The third-order valence-electron chi connectivity index (χ3n) is 16.3. The number of fused-ring (bicyclic) bond motifs is 1. The van der Waals surface area contributed by atoms with Gasteiger partial charge in [0.1, 0.15) is 29.1 Å². The van der Waals surface area contributed by atoms with Crippen molar-refractivity contribution >= 4 is 52.3 Å². The van der Waals surface area contributed by atoms with Crippen molar-refractivity contribution in [1.82, 2.24) is 19.9 Å². The van der Waals surface area contributed by atoms with Crippen molar-refractivity contribution in [2.24, 2.45) is 30.7 Å². The number of halogens is 3. The van der Waals surface area contributed by atoms with E-state index in [9.17, 15) is 23.2 Å². The van der Waals surface area contributed by atoms with E-state index < -0.39 is 11.6 Å². The zero-order chi connectivity index (χ0) is 62.2. The van der Waals surface area contributed by atoms with Crippen LogP contribution in [0.5, 0.6) is 0 Å². The van der Waals surface area contributed by atoms with Gasteiger partial charge in [-0.3, -0.25) is 14.9 Å². The normalized spacial score (nSPS) is 15.5. The summed E-state index contributed by atoms with van der Waals surface area (Å²) in [6, 6.07) is 13.2. The molecule has 82 heavy (non-hydrogen) atoms. The van der Waals surface area contributed by atoms with Gasteiger partial charge in [-0.15, -0.1) is 0 Å². The molecule has 5 unspecified atom stereocenters. The Morgan fingerprint density at radius 2 is 1.34 bits per heavy atom. The van der Waals surface area contributed by atoms with Crippen LogP contribution in [0.3, 0.4) is 0 Å². The van der Waals surface area contributed by atoms with Crippen LogP contribution >= 0.6 is 11.6 Å². The molecule has 0 bridgehead atoms. The van der Waals surface area contributed by atoms with E-state index in [4.69, 9.17) is 11.6 Å². The standard InChI is InChI=1S/C24H28ClN5O.C19H40.C7H6F2.C6H11NO2.C5H10.C5H12.C4H10/c1-14-7-8-18-20(11-14)29(4)24(27-18)28-23(31)17-12-19(26-21(25)13-17)22-15(2)9-10-30(5,6)16(22)3;1-7-10-11-13-17(5)18(6)19(12-8-2)15-14-16(4)9-3;1-5-2-6(8)4-7(9)3-5;1-7-6(9)4-2-3-5-8;1-2-4-5-3-1;1-3-5-4-2;1-3-4-2/h7-8,11-13,16H,9-10H2,1-6H3;16-19H,7-15H2,1-6H3;2-4H,1H3;5H,2-4H2,1H3,(H,7,9);1-5H2;3-5H2,1-2H3;3-4H2,1-2H3/p+1. The van der Waals surface area contributed by atoms with E-state index in [1.54, 1.807) is 20.0 Å². The van der Waals surface area contributed by atoms with Gasteiger partial charge in [-0.1, -0.05) is 208 Å². The number of aryl methyl sites for hydroxylation is 3. The summed E-state index contributed by atoms with van der Waals surface area (Å²) in [7, 11) is 7.93. The van der Waals surface area contributed by atoms with Crippen molar-refractivity contribution in [3.8, 4) is 0 Å². The number of aldehydes is 1. The molecule has 0 radical (unpaired) electrons. The second kappa shape index (κ2) is 45.0. The van der Waals surface area contributed by atoms with E-state index in [2.05, 4.69) is 124 Å². The average molecular weight is 1170 g/mol. The van der Waals surface area contributed by atoms with E-state index in [1.807, 2.05) is 36.7 Å². The van der Waals surface area contributed by atoms with Gasteiger partial charge in [-0.05, 0) is 112 Å². The van der Waals surface area contributed by atoms with Gasteiger partial charge in [0.2, 0.25) is 11.9 Å². The molecule has 9 nitrogen and oxygen atoms in total. The number of pyridine rings is 1. The lowest BCUT2D eigenvalue weighted by molar-refractivity contribution is -0.905. The second-order valence-corrected chi connectivity index (χ2v) is 24.3. The zero-order valence-corrected chi connectivity index (χ0v) is 56.0. The Kier molecular flexibility index (Phi) is 42.5. The van der Waals surface area contributed by atoms with Gasteiger partial charge < -0.3 is 19.2 Å². The molecule has 2 N–H and O–H groups in total. The highest BCUT2D eigenvalue weighted by Crippen LogP contribution is 2.35. The molecular weight excluding hydrogens is 1050 g/mol. The average Bonchev–Trinajstić information content (AvgIpc) is 4.27. The quantitative estimate of drug-likeness (QED) is 0.0353. The molecule has 2 aromatic heterocycles. The lowest BCUT2D eigenvalue weighted by Crippen LogP contribution is -2.51. The number of anilines is 1. The van der Waals surface area contributed by atoms with Crippen LogP contribution in [0.25, 0.3) is 16.6 Å². The number of hydrogen-bond donors (Lipinski definition) is 2. The van der Waals surface area contributed by atoms with Crippen LogP contribution in [-0.2, 0) is 16.6 Å². The summed E-state index contributed by atoms with van der Waals surface area (Å²) in [5.41, 5.74) is 7.28. The molecule has 1 aliphatic carbocycles. The Labute approximate surface area is 505 Å². The van der Waals surface area contributed by atoms with Crippen molar-refractivity contribution in [1.29, 1.82) is 0 Å². The molecule has 5 atom stereocenters. The number of carbonyl (C=O) groups excluding carboxylic acids is 3. The Balaban J connectivity index is 0.00000109. The smallest absolute Gasteiger partial charge is 0.258 e. The third-order valence-corrected chi connectivity index (χ3v) is 16.5. The first kappa shape index (κ1) is 77.5. The van der Waals surface area contributed by atoms with E-state index in [1.165, 1.54) is 145 Å². The van der Waals surface area contributed by atoms with Crippen LogP contribution < -0.4 is 10.6 Å². The molecule has 1 fully saturated rings. The van der Waals surface area contributed by atoms with E-state index in [0.717, 1.165) is 75.8 Å². The molecule has 0 saturated heterocycles. The first-order valence-corrected chi connectivity index (χ1v) is 32.3. The van der Waals surface area contributed by atoms with Crippen LogP contribution in [0.4, 0.5) is 14.7 Å². The number of rotatable bonds is 22. The maximum Gasteiger partial charge on any atom is 0.258 e. The largest absolute Gasteiger partial charge is 0.359 e. The number of unbranched alkanes of at least 4 members (excludes halogenated alkanes) is 6. The summed E-state index contributed by atoms with van der Waals surface area (Å²) in [6.07, 6.45) is 30.3. The number of nitrogens with one attached hydrogen (secondary N) is 2. The first-order valence-electron chi connectivity index (χ1n) is 32.0. The lowest BCUT2D eigenvalue weighted by Gasteiger charge is -2.41. The molecule has 4 aromatic rings. The van der Waals surface area contributed by atoms with Crippen LogP contribution in [0, 0.1) is 49.2 Å². The van der Waals surface area contributed by atoms with Gasteiger partial charge in [0.25, 0.3) is 5.91 Å². The number of hydrogen-bond acceptors (Lipinski definition) is 5. The maximum atomic E-state index is 13.1. The van der Waals surface area contributed by atoms with E-state index in [0.29, 0.717) is 41.5 Å². The molecule has 12 heteroatoms. The number of quaternary nitrogens is 1. The lowest BCUT2D eigenvalue weighted by atomic mass is 9.76. The molecule has 466 valence electrons. The van der Waals surface area contributed by atoms with Crippen LogP contribution in [-0.4, -0.2) is 70.8 Å². The predicted molar refractivity (Wildman–Crippen MR) is 350 cm³/mol. The SMILES string of the molecule is C1CCCC1.CC1=C(c2cc(C(=O)Nc3nc4ccc(C)cc4n3C)cc(Cl)n2)C(C)[N+](C)(C)CC1.CCCC.CCCCC.CCCCCC(C)C(C)C(CCC)CCC(C)CC.CNC(=O)CCCC=O.Cc1cc(F)cc(F)c1. The minimum absolute atomic E-state index is 0.00292. The third kappa shape index (κ3) is 32.0. The number of amides is 2. The summed E-state index contributed by atoms with van der Waals surface area (Å²) in [5, 5.41) is 5.72. The van der Waals surface area contributed by atoms with Crippen molar-refractivity contribution in [3.63, 3.8) is 0 Å². The van der Waals surface area contributed by atoms with E-state index >= 15 is 0 Å². The Morgan fingerprint density at radius 1 is 0.744 bits per heavy atom. The molecule has 6 rings (SSSR count). The fourth-order valence-electron chi connectivity index (χ4n) is 9.86. The minimum Gasteiger partial charge on any atom is -0.359 e. The fraction of sp³-hybridized carbons (Fsp3) is 0.671. The summed E-state index contributed by atoms with van der Waals surface area (Å²) in [6.45, 7) is 32.3. The molecule has 2 amide bonds. The number of imidazole rings is 1. The van der Waals surface area contributed by atoms with Crippen molar-refractivity contribution in [2.45, 2.75) is 251 Å². The zero-order valence-electron chi connectivity index (χ0n) is 55.2. The topological polar surface area (TPSA) is 106 Å². The van der Waals surface area contributed by atoms with Gasteiger partial charge >= 0.3 is 0 Å². The van der Waals surface area contributed by atoms with Crippen LogP contribution in [0.2, 0.25) is 5.15 Å². The Hall–Kier alpha value is -4.48. The number of aromatic nitrogens is 3. The van der Waals surface area contributed by atoms with Gasteiger partial charge in [-0.25, -0.2) is 18.7 Å². The van der Waals surface area contributed by atoms with E-state index in [-0.39, 0.29) is 17.9 Å². The van der Waals surface area contributed by atoms with Crippen molar-refractivity contribution in [3.05, 3.63) is 93.3 Å². The fourth-order valence-corrected chi connectivity index (χ4v) is 10.1. The molecule has 2 aliphatic rings. The molecule has 3 heterocycles. The van der Waals surface area contributed by atoms with Gasteiger partial charge in [0.15, 0.2) is 0 Å². The number of likely N-dealkylation sites (N-methyl/N-ethyl adjacent to an activating group) is 1. The predicted octanol–water partition coefficient (Wildman–Crippen LogP) is 20.2. The van der Waals surface area contributed by atoms with Crippen LogP contribution in [0.15, 0.2) is 54.1 Å². The number of carbonyl (C=O) groups is 3. The summed E-state index contributed by atoms with van der Waals surface area (Å²) < 4.78 is 27.1. The van der Waals surface area contributed by atoms with Crippen molar-refractivity contribution < 1.29 is 27.6 Å². The molecule has 0 spiro atoms. The molecule has 2 aromatic carbocycles. The highest BCUT2D eigenvalue weighted by molar-refractivity contribution is 6.30. The highest BCUT2D eigenvalue weighted by Gasteiger charge is 2.35. The number of benzene rings is 2. The number of nitrogens with zero attached hydrogens (tertiary/aromatic N) is 4. The van der Waals surface area contributed by atoms with Crippen molar-refractivity contribution in [2.75, 3.05) is 33.0 Å². The molecular formula is C70H118ClF2N6O3+. The maximum absolute atomic E-state index is 13.1. The minimum atomic E-state index is -0.521. The van der Waals surface area contributed by atoms with Gasteiger partial charge in [0.05, 0.1) is 37.4 Å². The monoisotopic (exact) mass is 1160 g/mol. The first-order chi connectivity index (χ1) is 38.9. The Bertz CT molecular complexity index is 2330. The van der Waals surface area contributed by atoms with Gasteiger partial charge in [-0.2, -0.15) is 0 Å². The summed E-state index contributed by atoms with van der Waals surface area (Å²) in [4.78, 5) is 42.5. The van der Waals surface area contributed by atoms with Crippen LogP contribution in [0.1, 0.15) is 258 Å². The Morgan fingerprint density at radius 3 is 1.84 bits per heavy atom. The molecule has 1 saturated carbocycles. The summed E-state index contributed by atoms with van der Waals surface area (Å²) in [5.74, 6) is 2.92. The highest BCUT2D eigenvalue weighted by atomic mass is 35.5. The molecule has 1 aliphatic heterocycles. The summed E-state index contributed by atoms with van der Waals surface area (Å²) >= 11 is 6.36.